The molecule has 0 aliphatic carbocycles. The second-order valence-corrected chi connectivity index (χ2v) is 21.1. The molecule has 3 rings (SSSR count). The molecule has 0 aliphatic rings. The van der Waals surface area contributed by atoms with E-state index in [9.17, 15) is 14.7 Å². The molecule has 0 saturated heterocycles. The van der Waals surface area contributed by atoms with Crippen LogP contribution in [-0.4, -0.2) is 20.8 Å². The third kappa shape index (κ3) is 18.3. The van der Waals surface area contributed by atoms with Gasteiger partial charge in [-0.1, -0.05) is 33.1 Å². The third-order valence-corrected chi connectivity index (χ3v) is 15.2. The van der Waals surface area contributed by atoms with Crippen molar-refractivity contribution >= 4 is 12.6 Å². The van der Waals surface area contributed by atoms with Gasteiger partial charge in [0.1, 0.15) is 0 Å². The maximum atomic E-state index is 12.3. The fraction of sp³-hybridized carbons (Fsp3) is 0.667. The Morgan fingerprint density at radius 1 is 0.345 bits per heavy atom. The molecule has 58 heavy (non-hydrogen) atoms. The Kier molecular flexibility index (Phi) is 25.4. The van der Waals surface area contributed by atoms with Gasteiger partial charge in [-0.3, -0.25) is 0 Å². The molecule has 3 N–H and O–H groups in total. The van der Waals surface area contributed by atoms with Gasteiger partial charge in [-0.25, -0.2) is 0 Å². The van der Waals surface area contributed by atoms with Crippen molar-refractivity contribution in [2.24, 2.45) is 0 Å². The predicted octanol–water partition coefficient (Wildman–Crippen LogP) is 16.6. The van der Waals surface area contributed by atoms with Crippen molar-refractivity contribution in [3.63, 3.8) is 0 Å². The molecule has 0 saturated carbocycles. The summed E-state index contributed by atoms with van der Waals surface area (Å²) in [4.78, 5) is 36.8. The molecule has 0 spiro atoms. The van der Waals surface area contributed by atoms with E-state index in [-0.39, 0.29) is 6.16 Å². The second kappa shape index (κ2) is 29.3. The number of unbranched alkanes of at least 4 members (excludes halogenated alkanes) is 24. The van der Waals surface area contributed by atoms with Crippen molar-refractivity contribution in [3.05, 3.63) is 77.4 Å². The Bertz CT molecular complexity index is 1500. The van der Waals surface area contributed by atoms with Crippen molar-refractivity contribution in [3.8, 4) is 22.3 Å². The molecular formula is C54H89O3P. The summed E-state index contributed by atoms with van der Waals surface area (Å²) in [7, 11) is -5.20. The molecule has 0 heterocycles. The second-order valence-electron chi connectivity index (χ2n) is 17.9. The number of aryl methyl sites for hydroxylation is 2. The van der Waals surface area contributed by atoms with Gasteiger partial charge in [0.2, 0.25) is 0 Å². The molecule has 0 atom stereocenters. The zero-order valence-electron chi connectivity index (χ0n) is 38.2. The van der Waals surface area contributed by atoms with E-state index in [0.29, 0.717) is 11.7 Å². The van der Waals surface area contributed by atoms with E-state index >= 15 is 0 Å². The first kappa shape index (κ1) is 50.3. The van der Waals surface area contributed by atoms with Crippen LogP contribution in [-0.2, 0) is 19.3 Å². The van der Waals surface area contributed by atoms with Crippen molar-refractivity contribution < 1.29 is 14.7 Å². The molecule has 0 aliphatic heterocycles. The van der Waals surface area contributed by atoms with Crippen molar-refractivity contribution in [1.82, 2.24) is 0 Å². The van der Waals surface area contributed by atoms with E-state index in [0.717, 1.165) is 62.5 Å². The minimum atomic E-state index is -5.20. The van der Waals surface area contributed by atoms with Crippen molar-refractivity contribution in [2.45, 2.75) is 227 Å². The van der Waals surface area contributed by atoms with Crippen molar-refractivity contribution in [1.29, 1.82) is 0 Å². The fourth-order valence-electron chi connectivity index (χ4n) is 9.12. The average Bonchev–Trinajstić information content (AvgIpc) is 3.22. The Morgan fingerprint density at radius 3 is 1.17 bits per heavy atom. The minimum Gasteiger partial charge on any atom is -0.0654 e. The Labute approximate surface area is 358 Å². The fourth-order valence-corrected chi connectivity index (χ4v) is 11.3. The molecule has 0 amide bonds. The molecular weight excluding hydrogens is 728 g/mol. The molecule has 0 radical (unpaired) electrons. The molecule has 0 bridgehead atoms. The van der Waals surface area contributed by atoms with Crippen LogP contribution < -0.4 is 5.30 Å². The van der Waals surface area contributed by atoms with Gasteiger partial charge < -0.3 is 0 Å². The number of benzene rings is 3. The summed E-state index contributed by atoms with van der Waals surface area (Å²) < 4.78 is 0. The standard InChI is InChI=1S/C54H89O3P/c1-5-9-13-17-21-25-29-37-47-39-32-34-41-49(47)51-44-45-53(58(55,56,57)46-36-28-24-20-16-12-8-4)52(43-31-27-23-19-15-11-7-3)54(51)50-42-35-33-40-48(50)38-30-26-22-18-14-10-6-2/h32-35,39-42,44-45,55-57H,5-31,36-38,43,46H2,1-4H3. The smallest absolute Gasteiger partial charge is 0.0654 e. The Morgan fingerprint density at radius 2 is 0.707 bits per heavy atom. The van der Waals surface area contributed by atoms with Gasteiger partial charge in [0, 0.05) is 0 Å². The van der Waals surface area contributed by atoms with Crippen LogP contribution in [0.3, 0.4) is 0 Å². The molecule has 3 aromatic rings. The van der Waals surface area contributed by atoms with Crippen LogP contribution in [0, 0.1) is 0 Å². The van der Waals surface area contributed by atoms with Crippen LogP contribution >= 0.6 is 7.28 Å². The van der Waals surface area contributed by atoms with Crippen LogP contribution in [0.5, 0.6) is 0 Å². The van der Waals surface area contributed by atoms with Gasteiger partial charge in [0.05, 0.1) is 0 Å². The van der Waals surface area contributed by atoms with Crippen molar-refractivity contribution in [2.75, 3.05) is 6.16 Å². The maximum absolute atomic E-state index is 12.3. The summed E-state index contributed by atoms with van der Waals surface area (Å²) in [5, 5.41) is 0.414. The van der Waals surface area contributed by atoms with E-state index in [2.05, 4.69) is 82.3 Å². The van der Waals surface area contributed by atoms with Gasteiger partial charge in [-0.2, -0.15) is 0 Å². The molecule has 0 unspecified atom stereocenters. The molecule has 4 heteroatoms. The monoisotopic (exact) mass is 817 g/mol. The normalized spacial score (nSPS) is 12.6. The van der Waals surface area contributed by atoms with E-state index in [1.165, 1.54) is 169 Å². The van der Waals surface area contributed by atoms with Crippen LogP contribution in [0.25, 0.3) is 22.3 Å². The predicted molar refractivity (Wildman–Crippen MR) is 258 cm³/mol. The molecule has 0 aromatic heterocycles. The zero-order valence-corrected chi connectivity index (χ0v) is 39.1. The summed E-state index contributed by atoms with van der Waals surface area (Å²) in [6.45, 7) is 9.07. The number of rotatable bonds is 35. The first-order chi connectivity index (χ1) is 28.3. The van der Waals surface area contributed by atoms with Crippen LogP contribution in [0.15, 0.2) is 60.7 Å². The van der Waals surface area contributed by atoms with E-state index in [1.54, 1.807) is 0 Å². The molecule has 3 nitrogen and oxygen atoms in total. The van der Waals surface area contributed by atoms with E-state index in [1.807, 2.05) is 6.07 Å². The molecule has 0 fully saturated rings. The molecule has 3 aromatic carbocycles. The Hall–Kier alpha value is -2.03. The van der Waals surface area contributed by atoms with Crippen LogP contribution in [0.1, 0.15) is 224 Å². The van der Waals surface area contributed by atoms with E-state index in [4.69, 9.17) is 0 Å². The summed E-state index contributed by atoms with van der Waals surface area (Å²) in [5.41, 5.74) is 8.43. The summed E-state index contributed by atoms with van der Waals surface area (Å²) in [6.07, 6.45) is 36.5. The quantitative estimate of drug-likeness (QED) is 0.0409. The average molecular weight is 817 g/mol. The van der Waals surface area contributed by atoms with Gasteiger partial charge >= 0.3 is 327 Å². The first-order valence-electron chi connectivity index (χ1n) is 24.8. The third-order valence-electron chi connectivity index (χ3n) is 12.7. The van der Waals surface area contributed by atoms with Crippen LogP contribution in [0.4, 0.5) is 0 Å². The minimum absolute atomic E-state index is 0.0384. The summed E-state index contributed by atoms with van der Waals surface area (Å²) in [6, 6.07) is 22.0. The number of hydrogen-bond acceptors (Lipinski definition) is 3. The number of hydrogen-bond donors (Lipinski definition) is 3. The van der Waals surface area contributed by atoms with Gasteiger partial charge in [-0.15, -0.1) is 0 Å². The zero-order chi connectivity index (χ0) is 41.8. The van der Waals surface area contributed by atoms with Crippen LogP contribution in [0.2, 0.25) is 0 Å². The SMILES string of the molecule is CCCCCCCCCc1ccccc1-c1ccc(P(O)(O)(O)CCCCCCCCC)c(CCCCCCCCC)c1-c1ccccc1CCCCCCCCC. The van der Waals surface area contributed by atoms with Gasteiger partial charge in [0.15, 0.2) is 0 Å². The topological polar surface area (TPSA) is 60.7 Å². The molecule has 328 valence electrons. The van der Waals surface area contributed by atoms with Gasteiger partial charge in [-0.05, 0) is 0 Å². The summed E-state index contributed by atoms with van der Waals surface area (Å²) >= 11 is 0. The van der Waals surface area contributed by atoms with Gasteiger partial charge in [0.25, 0.3) is 0 Å². The van der Waals surface area contributed by atoms with E-state index < -0.39 is 7.28 Å². The Balaban J connectivity index is 2.11. The first-order valence-corrected chi connectivity index (χ1v) is 27.1. The summed E-state index contributed by atoms with van der Waals surface area (Å²) in [5.74, 6) is 0.